The Morgan fingerprint density at radius 1 is 1.42 bits per heavy atom. The minimum atomic E-state index is 0.0580. The molecule has 2 unspecified atom stereocenters. The molecule has 1 fully saturated rings. The summed E-state index contributed by atoms with van der Waals surface area (Å²) in [5, 5.41) is 8.76. The normalized spacial score (nSPS) is 28.0. The van der Waals surface area contributed by atoms with Gasteiger partial charge in [-0.1, -0.05) is 14.7 Å². The van der Waals surface area contributed by atoms with Gasteiger partial charge in [-0.05, 0) is 18.3 Å². The Bertz CT molecular complexity index is 750. The first kappa shape index (κ1) is 15.6. The number of carbonyl (C=O) groups excluding carboxylic acids is 1. The number of rotatable bonds is 2. The van der Waals surface area contributed by atoms with Gasteiger partial charge < -0.3 is 15.1 Å². The summed E-state index contributed by atoms with van der Waals surface area (Å²) < 4.78 is 1.78. The minimum absolute atomic E-state index is 0.0580. The van der Waals surface area contributed by atoms with Crippen molar-refractivity contribution in [1.82, 2.24) is 24.9 Å². The average molecular weight is 343 g/mol. The first-order chi connectivity index (χ1) is 11.6. The SMILES string of the molecule is C[C@H]1CN(C2=CN3C(=O)C=C(c4cnn(C)c4)PC3C=C2)CCN1. The molecule has 1 amide bonds. The fourth-order valence-electron chi connectivity index (χ4n) is 3.35. The maximum absolute atomic E-state index is 12.6. The molecular formula is C17H22N5OP. The number of nitrogens with one attached hydrogen (secondary N) is 1. The van der Waals surface area contributed by atoms with E-state index in [1.807, 2.05) is 30.5 Å². The lowest BCUT2D eigenvalue weighted by Crippen LogP contribution is -2.49. The van der Waals surface area contributed by atoms with Crippen molar-refractivity contribution < 1.29 is 4.79 Å². The van der Waals surface area contributed by atoms with Crippen molar-refractivity contribution in [3.8, 4) is 0 Å². The summed E-state index contributed by atoms with van der Waals surface area (Å²) in [6.07, 6.45) is 11.9. The van der Waals surface area contributed by atoms with Crippen LogP contribution in [0.4, 0.5) is 0 Å². The molecule has 0 spiro atoms. The lowest BCUT2D eigenvalue weighted by molar-refractivity contribution is -0.123. The monoisotopic (exact) mass is 343 g/mol. The van der Waals surface area contributed by atoms with E-state index in [0.29, 0.717) is 14.6 Å². The lowest BCUT2D eigenvalue weighted by atomic mass is 10.2. The van der Waals surface area contributed by atoms with Crippen molar-refractivity contribution in [1.29, 1.82) is 0 Å². The number of allylic oxidation sites excluding steroid dienone is 1. The Hall–Kier alpha value is -1.91. The van der Waals surface area contributed by atoms with E-state index in [1.165, 1.54) is 0 Å². The summed E-state index contributed by atoms with van der Waals surface area (Å²) in [6.45, 7) is 5.13. The number of hydrogen-bond acceptors (Lipinski definition) is 4. The largest absolute Gasteiger partial charge is 0.368 e. The molecule has 126 valence electrons. The molecule has 0 aromatic carbocycles. The average Bonchev–Trinajstić information content (AvgIpc) is 3.01. The minimum Gasteiger partial charge on any atom is -0.368 e. The molecular weight excluding hydrogens is 321 g/mol. The van der Waals surface area contributed by atoms with Gasteiger partial charge in [0.2, 0.25) is 0 Å². The molecule has 4 heterocycles. The predicted octanol–water partition coefficient (Wildman–Crippen LogP) is 1.31. The Morgan fingerprint density at radius 2 is 2.29 bits per heavy atom. The van der Waals surface area contributed by atoms with Crippen molar-refractivity contribution in [3.05, 3.63) is 48.1 Å². The highest BCUT2D eigenvalue weighted by atomic mass is 31.1. The second-order valence-corrected chi connectivity index (χ2v) is 7.93. The third-order valence-electron chi connectivity index (χ3n) is 4.60. The zero-order valence-corrected chi connectivity index (χ0v) is 14.9. The smallest absolute Gasteiger partial charge is 0.252 e. The van der Waals surface area contributed by atoms with Crippen LogP contribution in [0.15, 0.2) is 42.5 Å². The molecule has 3 atom stereocenters. The van der Waals surface area contributed by atoms with E-state index in [-0.39, 0.29) is 11.7 Å². The molecule has 7 heteroatoms. The van der Waals surface area contributed by atoms with E-state index < -0.39 is 0 Å². The molecule has 1 saturated heterocycles. The van der Waals surface area contributed by atoms with E-state index >= 15 is 0 Å². The molecule has 1 aromatic rings. The van der Waals surface area contributed by atoms with Crippen LogP contribution in [0.1, 0.15) is 12.5 Å². The van der Waals surface area contributed by atoms with Crippen molar-refractivity contribution >= 4 is 19.8 Å². The number of nitrogens with zero attached hydrogens (tertiary/aromatic N) is 4. The van der Waals surface area contributed by atoms with Crippen LogP contribution in [0, 0.1) is 0 Å². The van der Waals surface area contributed by atoms with Crippen LogP contribution in [0.2, 0.25) is 0 Å². The number of piperazine rings is 1. The summed E-state index contributed by atoms with van der Waals surface area (Å²) in [5.41, 5.74) is 2.18. The van der Waals surface area contributed by atoms with Crippen LogP contribution < -0.4 is 5.32 Å². The van der Waals surface area contributed by atoms with E-state index in [4.69, 9.17) is 0 Å². The maximum atomic E-state index is 12.6. The highest BCUT2D eigenvalue weighted by Gasteiger charge is 2.30. The molecule has 0 saturated carbocycles. The van der Waals surface area contributed by atoms with Gasteiger partial charge in [0.25, 0.3) is 5.91 Å². The van der Waals surface area contributed by atoms with E-state index in [9.17, 15) is 4.79 Å². The fourth-order valence-corrected chi connectivity index (χ4v) is 4.70. The second-order valence-electron chi connectivity index (χ2n) is 6.51. The third kappa shape index (κ3) is 2.92. The van der Waals surface area contributed by atoms with Crippen molar-refractivity contribution in [2.75, 3.05) is 19.6 Å². The topological polar surface area (TPSA) is 53.4 Å². The molecule has 24 heavy (non-hydrogen) atoms. The predicted molar refractivity (Wildman–Crippen MR) is 96.4 cm³/mol. The molecule has 3 aliphatic heterocycles. The second kappa shape index (κ2) is 6.19. The van der Waals surface area contributed by atoms with Gasteiger partial charge in [0.05, 0.1) is 17.7 Å². The molecule has 1 N–H and O–H groups in total. The van der Waals surface area contributed by atoms with Crippen LogP contribution in [0.25, 0.3) is 5.31 Å². The Morgan fingerprint density at radius 3 is 3.04 bits per heavy atom. The van der Waals surface area contributed by atoms with Crippen LogP contribution in [-0.4, -0.2) is 56.9 Å². The summed E-state index contributed by atoms with van der Waals surface area (Å²) in [5.74, 6) is 0.185. The van der Waals surface area contributed by atoms with Gasteiger partial charge in [-0.3, -0.25) is 9.48 Å². The Kier molecular flexibility index (Phi) is 4.02. The standard InChI is InChI=1S/C17H22N5OP/c1-12-9-21(6-5-18-12)14-3-4-17-22(11-14)16(23)7-15(24-17)13-8-19-20(2)10-13/h3-4,7-8,10-12,17-18,24H,5-6,9H2,1-2H3/t12-,17?/m0/s1. The molecule has 3 aliphatic rings. The molecule has 0 radical (unpaired) electrons. The van der Waals surface area contributed by atoms with Gasteiger partial charge in [0.15, 0.2) is 0 Å². The summed E-state index contributed by atoms with van der Waals surface area (Å²) in [7, 11) is 2.44. The number of aryl methyl sites for hydroxylation is 1. The maximum Gasteiger partial charge on any atom is 0.252 e. The number of hydrogen-bond donors (Lipinski definition) is 1. The first-order valence-electron chi connectivity index (χ1n) is 8.28. The van der Waals surface area contributed by atoms with Crippen molar-refractivity contribution in [2.45, 2.75) is 18.7 Å². The molecule has 1 aromatic heterocycles. The van der Waals surface area contributed by atoms with E-state index in [0.717, 1.165) is 36.2 Å². The zero-order chi connectivity index (χ0) is 16.7. The molecule has 0 aliphatic carbocycles. The van der Waals surface area contributed by atoms with Crippen molar-refractivity contribution in [2.24, 2.45) is 7.05 Å². The number of fused-ring (bicyclic) bond motifs is 1. The first-order valence-corrected chi connectivity index (χ1v) is 9.36. The van der Waals surface area contributed by atoms with Crippen molar-refractivity contribution in [3.63, 3.8) is 0 Å². The van der Waals surface area contributed by atoms with Crippen LogP contribution in [0.3, 0.4) is 0 Å². The summed E-state index contributed by atoms with van der Waals surface area (Å²) in [6, 6.07) is 0.474. The highest BCUT2D eigenvalue weighted by Crippen LogP contribution is 2.44. The quantitative estimate of drug-likeness (QED) is 0.823. The van der Waals surface area contributed by atoms with Gasteiger partial charge in [-0.25, -0.2) is 0 Å². The van der Waals surface area contributed by atoms with Gasteiger partial charge in [-0.15, -0.1) is 0 Å². The Labute approximate surface area is 143 Å². The molecule has 6 nitrogen and oxygen atoms in total. The molecule has 0 bridgehead atoms. The van der Waals surface area contributed by atoms with Crippen LogP contribution in [0.5, 0.6) is 0 Å². The summed E-state index contributed by atoms with van der Waals surface area (Å²) in [4.78, 5) is 16.9. The fraction of sp³-hybridized carbons (Fsp3) is 0.412. The van der Waals surface area contributed by atoms with Gasteiger partial charge in [0, 0.05) is 56.8 Å². The number of carbonyl (C=O) groups is 1. The number of aromatic nitrogens is 2. The lowest BCUT2D eigenvalue weighted by Gasteiger charge is -2.39. The zero-order valence-electron chi connectivity index (χ0n) is 13.9. The summed E-state index contributed by atoms with van der Waals surface area (Å²) >= 11 is 0. The number of amides is 1. The van der Waals surface area contributed by atoms with Gasteiger partial charge in [-0.2, -0.15) is 5.10 Å². The van der Waals surface area contributed by atoms with Crippen LogP contribution >= 0.6 is 8.58 Å². The highest BCUT2D eigenvalue weighted by molar-refractivity contribution is 7.51. The Balaban J connectivity index is 1.56. The van der Waals surface area contributed by atoms with Gasteiger partial charge >= 0.3 is 0 Å². The van der Waals surface area contributed by atoms with Crippen LogP contribution in [-0.2, 0) is 11.8 Å². The van der Waals surface area contributed by atoms with Gasteiger partial charge in [0.1, 0.15) is 0 Å². The molecule has 4 rings (SSSR count). The third-order valence-corrected chi connectivity index (χ3v) is 6.11. The van der Waals surface area contributed by atoms with E-state index in [1.54, 1.807) is 10.8 Å². The van der Waals surface area contributed by atoms with E-state index in [2.05, 4.69) is 34.4 Å².